The van der Waals surface area contributed by atoms with Crippen molar-refractivity contribution in [2.24, 2.45) is 7.05 Å². The van der Waals surface area contributed by atoms with Gasteiger partial charge in [-0.15, -0.1) is 0 Å². The van der Waals surface area contributed by atoms with E-state index >= 15 is 0 Å². The fourth-order valence-corrected chi connectivity index (χ4v) is 3.56. The Balaban J connectivity index is 2.06. The normalized spacial score (nSPS) is 11.8. The number of hydrogen-bond acceptors (Lipinski definition) is 6. The fraction of sp³-hybridized carbons (Fsp3) is 0.320. The molecule has 9 heteroatoms. The average Bonchev–Trinajstić information content (AvgIpc) is 2.82. The number of phenolic OH excluding ortho intramolecular Hbond substituents is 1. The van der Waals surface area contributed by atoms with Crippen LogP contribution in [-0.4, -0.2) is 38.8 Å². The molecule has 0 aliphatic heterocycles. The first-order chi connectivity index (χ1) is 16.1. The van der Waals surface area contributed by atoms with Gasteiger partial charge in [0.15, 0.2) is 5.75 Å². The van der Waals surface area contributed by atoms with Crippen LogP contribution in [0.3, 0.4) is 0 Å². The number of rotatable bonds is 8. The second-order valence-electron chi connectivity index (χ2n) is 8.41. The minimum Gasteiger partial charge on any atom is -0.505 e. The van der Waals surface area contributed by atoms with Crippen molar-refractivity contribution < 1.29 is 9.90 Å². The van der Waals surface area contributed by atoms with Crippen molar-refractivity contribution >= 4 is 23.0 Å². The van der Waals surface area contributed by atoms with E-state index in [2.05, 4.69) is 15.7 Å². The molecule has 9 nitrogen and oxygen atoms in total. The standard InChI is InChI=1S/C25H31N5O4/c1-6-18(16-11-8-7-9-12-16)26-20-21(25(34)30(5)28-23(20)32)27-19-14-10-13-17(22(19)31)24(33)29(4)15(2)3/h7-15,18,26-27,31H,6H2,1-5H3,(H,28,32)/t18-/m1/s1. The van der Waals surface area contributed by atoms with Gasteiger partial charge in [0.25, 0.3) is 17.0 Å². The third-order valence-corrected chi connectivity index (χ3v) is 5.81. The van der Waals surface area contributed by atoms with Gasteiger partial charge < -0.3 is 20.6 Å². The maximum Gasteiger partial charge on any atom is 0.290 e. The summed E-state index contributed by atoms with van der Waals surface area (Å²) in [5, 5.41) is 19.4. The molecule has 0 bridgehead atoms. The third-order valence-electron chi connectivity index (χ3n) is 5.81. The van der Waals surface area contributed by atoms with E-state index in [0.717, 1.165) is 10.2 Å². The molecule has 0 unspecified atom stereocenters. The Morgan fingerprint density at radius 2 is 1.76 bits per heavy atom. The molecule has 0 aliphatic rings. The summed E-state index contributed by atoms with van der Waals surface area (Å²) in [5.41, 5.74) is 0.218. The summed E-state index contributed by atoms with van der Waals surface area (Å²) in [6.45, 7) is 5.71. The minimum atomic E-state index is -0.500. The average molecular weight is 466 g/mol. The predicted molar refractivity (Wildman–Crippen MR) is 134 cm³/mol. The van der Waals surface area contributed by atoms with Gasteiger partial charge >= 0.3 is 0 Å². The van der Waals surface area contributed by atoms with Crippen LogP contribution in [0.25, 0.3) is 0 Å². The van der Waals surface area contributed by atoms with Crippen LogP contribution < -0.4 is 21.8 Å². The van der Waals surface area contributed by atoms with E-state index in [4.69, 9.17) is 0 Å². The van der Waals surface area contributed by atoms with Gasteiger partial charge in [-0.25, -0.2) is 0 Å². The van der Waals surface area contributed by atoms with Gasteiger partial charge in [-0.05, 0) is 38.0 Å². The molecule has 4 N–H and O–H groups in total. The Hall–Kier alpha value is -4.01. The highest BCUT2D eigenvalue weighted by atomic mass is 16.3. The summed E-state index contributed by atoms with van der Waals surface area (Å²) in [6, 6.07) is 14.0. The molecule has 0 aliphatic carbocycles. The van der Waals surface area contributed by atoms with Crippen LogP contribution in [0, 0.1) is 0 Å². The number of aromatic amines is 1. The number of aromatic hydroxyl groups is 1. The number of para-hydroxylation sites is 1. The Bertz CT molecular complexity index is 1280. The van der Waals surface area contributed by atoms with Gasteiger partial charge in [0.1, 0.15) is 11.4 Å². The molecule has 0 saturated heterocycles. The quantitative estimate of drug-likeness (QED) is 0.378. The first-order valence-electron chi connectivity index (χ1n) is 11.2. The molecule has 0 fully saturated rings. The zero-order chi connectivity index (χ0) is 25.0. The van der Waals surface area contributed by atoms with Crippen LogP contribution in [-0.2, 0) is 7.05 Å². The lowest BCUT2D eigenvalue weighted by Crippen LogP contribution is -2.33. The summed E-state index contributed by atoms with van der Waals surface area (Å²) in [5.74, 6) is -0.660. The summed E-state index contributed by atoms with van der Waals surface area (Å²) in [7, 11) is 3.08. The van der Waals surface area contributed by atoms with E-state index in [9.17, 15) is 19.5 Å². The van der Waals surface area contributed by atoms with Crippen LogP contribution in [0.4, 0.5) is 17.1 Å². The molecule has 0 saturated carbocycles. The molecule has 1 amide bonds. The second kappa shape index (κ2) is 10.3. The molecule has 3 rings (SSSR count). The van der Waals surface area contributed by atoms with Crippen molar-refractivity contribution in [3.05, 3.63) is 80.4 Å². The fourth-order valence-electron chi connectivity index (χ4n) is 3.56. The zero-order valence-corrected chi connectivity index (χ0v) is 20.0. The summed E-state index contributed by atoms with van der Waals surface area (Å²) < 4.78 is 1.07. The number of H-pyrrole nitrogens is 1. The van der Waals surface area contributed by atoms with Gasteiger partial charge in [0.2, 0.25) is 0 Å². The molecule has 2 aromatic carbocycles. The molecule has 34 heavy (non-hydrogen) atoms. The lowest BCUT2D eigenvalue weighted by Gasteiger charge is -2.23. The molecular formula is C25H31N5O4. The highest BCUT2D eigenvalue weighted by Gasteiger charge is 2.23. The van der Waals surface area contributed by atoms with E-state index in [1.54, 1.807) is 19.2 Å². The Labute approximate surface area is 198 Å². The highest BCUT2D eigenvalue weighted by Crippen LogP contribution is 2.32. The molecule has 0 radical (unpaired) electrons. The van der Waals surface area contributed by atoms with Crippen LogP contribution in [0.1, 0.15) is 49.2 Å². The number of hydrogen-bond donors (Lipinski definition) is 4. The van der Waals surface area contributed by atoms with Crippen molar-refractivity contribution in [3.8, 4) is 5.75 Å². The molecule has 180 valence electrons. The Morgan fingerprint density at radius 3 is 2.38 bits per heavy atom. The van der Waals surface area contributed by atoms with Crippen LogP contribution in [0.15, 0.2) is 58.1 Å². The molecule has 1 atom stereocenters. The second-order valence-corrected chi connectivity index (χ2v) is 8.41. The van der Waals surface area contributed by atoms with Gasteiger partial charge in [0.05, 0.1) is 17.3 Å². The van der Waals surface area contributed by atoms with Crippen molar-refractivity contribution in [1.82, 2.24) is 14.7 Å². The SMILES string of the molecule is CC[C@@H](Nc1c(Nc2cccc(C(=O)N(C)C(C)C)c2O)c(=O)n(C)[nH]c1=O)c1ccccc1. The molecular weight excluding hydrogens is 434 g/mol. The van der Waals surface area contributed by atoms with Gasteiger partial charge in [-0.3, -0.25) is 24.2 Å². The minimum absolute atomic E-state index is 0.0299. The Morgan fingerprint density at radius 1 is 1.09 bits per heavy atom. The lowest BCUT2D eigenvalue weighted by atomic mass is 10.0. The molecule has 1 aromatic heterocycles. The van der Waals surface area contributed by atoms with Crippen LogP contribution in [0.5, 0.6) is 5.75 Å². The zero-order valence-electron chi connectivity index (χ0n) is 20.0. The number of nitrogens with one attached hydrogen (secondary N) is 3. The first-order valence-corrected chi connectivity index (χ1v) is 11.2. The van der Waals surface area contributed by atoms with Gasteiger partial charge in [0, 0.05) is 20.1 Å². The van der Waals surface area contributed by atoms with Crippen molar-refractivity contribution in [2.75, 3.05) is 17.7 Å². The monoisotopic (exact) mass is 465 g/mol. The largest absolute Gasteiger partial charge is 0.505 e. The Kier molecular flexibility index (Phi) is 7.45. The maximum absolute atomic E-state index is 13.0. The van der Waals surface area contributed by atoms with Crippen molar-refractivity contribution in [1.29, 1.82) is 0 Å². The lowest BCUT2D eigenvalue weighted by molar-refractivity contribution is 0.0752. The molecule has 3 aromatic rings. The topological polar surface area (TPSA) is 119 Å². The number of phenols is 1. The number of carbonyl (C=O) groups is 1. The number of amides is 1. The van der Waals surface area contributed by atoms with E-state index in [-0.39, 0.29) is 46.4 Å². The number of anilines is 3. The van der Waals surface area contributed by atoms with Crippen LogP contribution >= 0.6 is 0 Å². The number of aromatic nitrogens is 2. The van der Waals surface area contributed by atoms with E-state index in [1.165, 1.54) is 18.0 Å². The summed E-state index contributed by atoms with van der Waals surface area (Å²) >= 11 is 0. The predicted octanol–water partition coefficient (Wildman–Crippen LogP) is 3.57. The summed E-state index contributed by atoms with van der Waals surface area (Å²) in [6.07, 6.45) is 0.662. The number of nitrogens with zero attached hydrogens (tertiary/aromatic N) is 2. The number of aryl methyl sites for hydroxylation is 1. The van der Waals surface area contributed by atoms with Crippen molar-refractivity contribution in [2.45, 2.75) is 39.3 Å². The molecule has 1 heterocycles. The summed E-state index contributed by atoms with van der Waals surface area (Å²) in [4.78, 5) is 40.2. The molecule has 0 spiro atoms. The van der Waals surface area contributed by atoms with E-state index in [0.29, 0.717) is 6.42 Å². The third kappa shape index (κ3) is 4.98. The number of carbonyl (C=O) groups excluding carboxylic acids is 1. The highest BCUT2D eigenvalue weighted by molar-refractivity contribution is 5.99. The number of benzene rings is 2. The van der Waals surface area contributed by atoms with E-state index < -0.39 is 11.1 Å². The smallest absolute Gasteiger partial charge is 0.290 e. The van der Waals surface area contributed by atoms with Crippen LogP contribution in [0.2, 0.25) is 0 Å². The van der Waals surface area contributed by atoms with Gasteiger partial charge in [-0.1, -0.05) is 43.3 Å². The van der Waals surface area contributed by atoms with Gasteiger partial charge in [-0.2, -0.15) is 0 Å². The van der Waals surface area contributed by atoms with E-state index in [1.807, 2.05) is 51.1 Å². The maximum atomic E-state index is 13.0. The first kappa shape index (κ1) is 24.6. The van der Waals surface area contributed by atoms with Crippen molar-refractivity contribution in [3.63, 3.8) is 0 Å².